The fourth-order valence-electron chi connectivity index (χ4n) is 1.50. The first-order valence-corrected chi connectivity index (χ1v) is 7.48. The third-order valence-electron chi connectivity index (χ3n) is 2.62. The van der Waals surface area contributed by atoms with Crippen molar-refractivity contribution in [3.8, 4) is 0 Å². The Kier molecular flexibility index (Phi) is 7.61. The van der Waals surface area contributed by atoms with Crippen LogP contribution in [0.3, 0.4) is 0 Å². The normalized spacial score (nSPS) is 11.3. The summed E-state index contributed by atoms with van der Waals surface area (Å²) in [7, 11) is 0. The van der Waals surface area contributed by atoms with Gasteiger partial charge in [0.15, 0.2) is 0 Å². The van der Waals surface area contributed by atoms with Crippen molar-refractivity contribution in [1.29, 1.82) is 0 Å². The highest BCUT2D eigenvalue weighted by Gasteiger charge is 2.22. The van der Waals surface area contributed by atoms with Crippen LogP contribution in [0.25, 0.3) is 0 Å². The number of hydrogen-bond acceptors (Lipinski definition) is 6. The Hall–Kier alpha value is -2.55. The number of hydrogen-bond donors (Lipinski definition) is 3. The number of carboxylic acid groups (broad SMARTS) is 2. The minimum Gasteiger partial charge on any atom is -0.480 e. The summed E-state index contributed by atoms with van der Waals surface area (Å²) < 4.78 is 4.89. The van der Waals surface area contributed by atoms with Crippen LogP contribution < -0.4 is 5.32 Å². The third-order valence-corrected chi connectivity index (χ3v) is 3.49. The molecular weight excluding hydrogens is 326 g/mol. The zero-order valence-electron chi connectivity index (χ0n) is 11.9. The number of amides is 1. The number of benzene rings is 1. The minimum absolute atomic E-state index is 0.00867. The van der Waals surface area contributed by atoms with Gasteiger partial charge in [-0.2, -0.15) is 0 Å². The van der Waals surface area contributed by atoms with Gasteiger partial charge in [0, 0.05) is 5.75 Å². The Morgan fingerprint density at radius 3 is 2.35 bits per heavy atom. The molecule has 1 aromatic carbocycles. The van der Waals surface area contributed by atoms with Crippen molar-refractivity contribution in [3.63, 3.8) is 0 Å². The number of carbonyl (C=O) groups is 4. The first-order valence-electron chi connectivity index (χ1n) is 6.50. The van der Waals surface area contributed by atoms with Crippen molar-refractivity contribution in [2.45, 2.75) is 19.1 Å². The Morgan fingerprint density at radius 1 is 1.13 bits per heavy atom. The standard InChI is InChI=1S/C14H15NO7S/c16-11(17)10(6-7-23-13(20)12(18)19)15-14(21)22-8-9-4-2-1-3-5-9/h1-5,10H,6-8H2,(H,15,21)(H,16,17)(H,18,19)/t10-/m0/s1. The van der Waals surface area contributed by atoms with Gasteiger partial charge in [0.05, 0.1) is 0 Å². The van der Waals surface area contributed by atoms with E-state index in [4.69, 9.17) is 14.9 Å². The lowest BCUT2D eigenvalue weighted by Crippen LogP contribution is -2.41. The average molecular weight is 341 g/mol. The average Bonchev–Trinajstić information content (AvgIpc) is 2.52. The molecule has 1 aromatic rings. The largest absolute Gasteiger partial charge is 0.480 e. The Bertz CT molecular complexity index is 576. The summed E-state index contributed by atoms with van der Waals surface area (Å²) in [6.07, 6.45) is -1.02. The molecule has 0 aliphatic rings. The van der Waals surface area contributed by atoms with E-state index in [-0.39, 0.29) is 18.8 Å². The molecule has 0 radical (unpaired) electrons. The van der Waals surface area contributed by atoms with Gasteiger partial charge in [0.1, 0.15) is 12.6 Å². The van der Waals surface area contributed by atoms with Crippen molar-refractivity contribution in [3.05, 3.63) is 35.9 Å². The lowest BCUT2D eigenvalue weighted by molar-refractivity contribution is -0.144. The molecule has 0 aromatic heterocycles. The summed E-state index contributed by atoms with van der Waals surface area (Å²) in [6, 6.07) is 7.57. The third kappa shape index (κ3) is 7.32. The van der Waals surface area contributed by atoms with Crippen LogP contribution in [0.2, 0.25) is 0 Å². The molecule has 23 heavy (non-hydrogen) atoms. The first kappa shape index (κ1) is 18.5. The van der Waals surface area contributed by atoms with Gasteiger partial charge in [-0.3, -0.25) is 4.79 Å². The molecule has 1 rings (SSSR count). The van der Waals surface area contributed by atoms with Gasteiger partial charge in [0.25, 0.3) is 5.12 Å². The van der Waals surface area contributed by atoms with Crippen molar-refractivity contribution in [2.75, 3.05) is 5.75 Å². The van der Waals surface area contributed by atoms with Crippen LogP contribution in [0, 0.1) is 0 Å². The highest BCUT2D eigenvalue weighted by atomic mass is 32.2. The van der Waals surface area contributed by atoms with Crippen LogP contribution in [-0.2, 0) is 25.7 Å². The summed E-state index contributed by atoms with van der Waals surface area (Å²) in [5, 5.41) is 18.5. The van der Waals surface area contributed by atoms with Crippen molar-refractivity contribution < 1.29 is 34.1 Å². The van der Waals surface area contributed by atoms with Crippen LogP contribution in [-0.4, -0.2) is 45.2 Å². The zero-order chi connectivity index (χ0) is 17.2. The Morgan fingerprint density at radius 2 is 1.78 bits per heavy atom. The van der Waals surface area contributed by atoms with Crippen LogP contribution in [0.4, 0.5) is 4.79 Å². The highest BCUT2D eigenvalue weighted by molar-refractivity contribution is 8.15. The van der Waals surface area contributed by atoms with E-state index in [1.807, 2.05) is 0 Å². The second-order valence-corrected chi connectivity index (χ2v) is 5.39. The van der Waals surface area contributed by atoms with Crippen LogP contribution in [0.1, 0.15) is 12.0 Å². The number of carboxylic acids is 2. The molecular formula is C14H15NO7S. The van der Waals surface area contributed by atoms with E-state index in [1.165, 1.54) is 0 Å². The van der Waals surface area contributed by atoms with Gasteiger partial charge in [-0.05, 0) is 12.0 Å². The van der Waals surface area contributed by atoms with Crippen LogP contribution in [0.5, 0.6) is 0 Å². The van der Waals surface area contributed by atoms with E-state index in [2.05, 4.69) is 5.32 Å². The molecule has 0 unspecified atom stereocenters. The van der Waals surface area contributed by atoms with Gasteiger partial charge >= 0.3 is 18.0 Å². The van der Waals surface area contributed by atoms with Gasteiger partial charge in [-0.1, -0.05) is 42.1 Å². The Labute approximate surface area is 135 Å². The number of aliphatic carboxylic acids is 2. The quantitative estimate of drug-likeness (QED) is 0.629. The summed E-state index contributed by atoms with van der Waals surface area (Å²) in [6.45, 7) is -0.00867. The molecule has 0 fully saturated rings. The van der Waals surface area contributed by atoms with Crippen molar-refractivity contribution in [1.82, 2.24) is 5.32 Å². The predicted octanol–water partition coefficient (Wildman–Crippen LogP) is 1.10. The van der Waals surface area contributed by atoms with E-state index in [1.54, 1.807) is 30.3 Å². The number of nitrogens with one attached hydrogen (secondary N) is 1. The molecule has 9 heteroatoms. The first-order chi connectivity index (χ1) is 10.9. The molecule has 8 nitrogen and oxygen atoms in total. The predicted molar refractivity (Wildman–Crippen MR) is 80.9 cm³/mol. The van der Waals surface area contributed by atoms with Gasteiger partial charge in [-0.25, -0.2) is 14.4 Å². The van der Waals surface area contributed by atoms with Gasteiger partial charge in [0.2, 0.25) is 0 Å². The van der Waals surface area contributed by atoms with E-state index in [9.17, 15) is 19.2 Å². The molecule has 0 heterocycles. The number of carbonyl (C=O) groups excluding carboxylic acids is 2. The fourth-order valence-corrected chi connectivity index (χ4v) is 2.16. The lowest BCUT2D eigenvalue weighted by Gasteiger charge is -2.14. The maximum absolute atomic E-state index is 11.6. The van der Waals surface area contributed by atoms with E-state index >= 15 is 0 Å². The molecule has 1 amide bonds. The minimum atomic E-state index is -1.60. The van der Waals surface area contributed by atoms with Crippen molar-refractivity contribution in [2.24, 2.45) is 0 Å². The summed E-state index contributed by atoms with van der Waals surface area (Å²) in [5.41, 5.74) is 0.747. The molecule has 3 N–H and O–H groups in total. The van der Waals surface area contributed by atoms with E-state index < -0.39 is 29.2 Å². The molecule has 0 aliphatic carbocycles. The number of ether oxygens (including phenoxy) is 1. The number of alkyl carbamates (subject to hydrolysis) is 1. The van der Waals surface area contributed by atoms with Crippen LogP contribution in [0.15, 0.2) is 30.3 Å². The SMILES string of the molecule is O=C(N[C@@H](CCSC(=O)C(=O)O)C(=O)O)OCc1ccccc1. The number of rotatable bonds is 7. The molecule has 0 aliphatic heterocycles. The van der Waals surface area contributed by atoms with E-state index in [0.29, 0.717) is 11.8 Å². The molecule has 0 saturated carbocycles. The fraction of sp³-hybridized carbons (Fsp3) is 0.286. The van der Waals surface area contributed by atoms with Gasteiger partial charge < -0.3 is 20.3 Å². The zero-order valence-corrected chi connectivity index (χ0v) is 12.7. The van der Waals surface area contributed by atoms with E-state index in [0.717, 1.165) is 5.56 Å². The van der Waals surface area contributed by atoms with Gasteiger partial charge in [-0.15, -0.1) is 0 Å². The van der Waals surface area contributed by atoms with Crippen LogP contribution >= 0.6 is 11.8 Å². The highest BCUT2D eigenvalue weighted by Crippen LogP contribution is 2.07. The molecule has 0 saturated heterocycles. The molecule has 1 atom stereocenters. The molecule has 0 bridgehead atoms. The second kappa shape index (κ2) is 9.46. The monoisotopic (exact) mass is 341 g/mol. The Balaban J connectivity index is 2.39. The van der Waals surface area contributed by atoms with Crippen molar-refractivity contribution >= 4 is 34.9 Å². The summed E-state index contributed by atoms with van der Waals surface area (Å²) in [5.74, 6) is -2.96. The second-order valence-electron chi connectivity index (χ2n) is 4.33. The molecule has 124 valence electrons. The topological polar surface area (TPSA) is 130 Å². The smallest absolute Gasteiger partial charge is 0.408 e. The maximum Gasteiger partial charge on any atom is 0.408 e. The summed E-state index contributed by atoms with van der Waals surface area (Å²) >= 11 is 0.474. The summed E-state index contributed by atoms with van der Waals surface area (Å²) in [4.78, 5) is 43.8. The maximum atomic E-state index is 11.6. The lowest BCUT2D eigenvalue weighted by atomic mass is 10.2. The molecule has 0 spiro atoms. The number of thioether (sulfide) groups is 1.